The van der Waals surface area contributed by atoms with E-state index in [2.05, 4.69) is 15.4 Å². The highest BCUT2D eigenvalue weighted by atomic mass is 35.5. The Morgan fingerprint density at radius 2 is 1.82 bits per heavy atom. The van der Waals surface area contributed by atoms with Crippen molar-refractivity contribution in [3.63, 3.8) is 0 Å². The van der Waals surface area contributed by atoms with Crippen molar-refractivity contribution in [2.75, 3.05) is 0 Å². The molecule has 0 saturated heterocycles. The molecule has 1 heterocycles. The van der Waals surface area contributed by atoms with E-state index in [4.69, 9.17) is 16.9 Å². The molecule has 0 aliphatic rings. The van der Waals surface area contributed by atoms with Gasteiger partial charge >= 0.3 is 0 Å². The lowest BCUT2D eigenvalue weighted by Crippen LogP contribution is -1.83. The molecule has 0 amide bonds. The number of nitrogens with one attached hydrogen (secondary N) is 1. The quantitative estimate of drug-likeness (QED) is 0.739. The molecule has 0 aliphatic carbocycles. The first-order chi connectivity index (χ1) is 10.8. The third-order valence-corrected chi connectivity index (χ3v) is 3.41. The molecule has 5 heteroatoms. The minimum Gasteiger partial charge on any atom is -0.256 e. The van der Waals surface area contributed by atoms with Gasteiger partial charge in [-0.1, -0.05) is 65.4 Å². The van der Waals surface area contributed by atoms with Crippen molar-refractivity contribution in [3.05, 3.63) is 70.4 Å². The van der Waals surface area contributed by atoms with Gasteiger partial charge in [-0.3, -0.25) is 5.10 Å². The van der Waals surface area contributed by atoms with Gasteiger partial charge in [-0.15, -0.1) is 5.10 Å². The molecule has 22 heavy (non-hydrogen) atoms. The zero-order valence-electron chi connectivity index (χ0n) is 11.5. The summed E-state index contributed by atoms with van der Waals surface area (Å²) in [6.07, 6.45) is 4.01. The number of aromatic nitrogens is 3. The monoisotopic (exact) mass is 306 g/mol. The highest BCUT2D eigenvalue weighted by Crippen LogP contribution is 2.20. The van der Waals surface area contributed by atoms with E-state index < -0.39 is 0 Å². The maximum absolute atomic E-state index is 8.96. The minimum atomic E-state index is 0.294. The van der Waals surface area contributed by atoms with E-state index in [-0.39, 0.29) is 0 Å². The smallest absolute Gasteiger partial charge is 0.190 e. The fourth-order valence-electron chi connectivity index (χ4n) is 2.07. The summed E-state index contributed by atoms with van der Waals surface area (Å²) >= 11 is 5.96. The molecule has 1 aromatic heterocycles. The molecule has 4 nitrogen and oxygen atoms in total. The third-order valence-electron chi connectivity index (χ3n) is 3.17. The number of benzene rings is 2. The summed E-state index contributed by atoms with van der Waals surface area (Å²) in [6, 6.07) is 17.5. The molecular weight excluding hydrogens is 296 g/mol. The molecular formula is C17H11ClN4. The second-order valence-electron chi connectivity index (χ2n) is 4.66. The lowest BCUT2D eigenvalue weighted by Gasteiger charge is -1.99. The Morgan fingerprint density at radius 1 is 1.05 bits per heavy atom. The Balaban J connectivity index is 1.82. The zero-order valence-corrected chi connectivity index (χ0v) is 12.2. The van der Waals surface area contributed by atoms with Gasteiger partial charge in [0.1, 0.15) is 11.8 Å². The number of rotatable bonds is 3. The highest BCUT2D eigenvalue weighted by molar-refractivity contribution is 6.30. The van der Waals surface area contributed by atoms with Gasteiger partial charge in [-0.25, -0.2) is 0 Å². The lowest BCUT2D eigenvalue weighted by molar-refractivity contribution is 0.937. The van der Waals surface area contributed by atoms with Crippen LogP contribution in [0, 0.1) is 11.3 Å². The van der Waals surface area contributed by atoms with E-state index in [9.17, 15) is 0 Å². The Bertz CT molecular complexity index is 857. The predicted octanol–water partition coefficient (Wildman–Crippen LogP) is 4.17. The van der Waals surface area contributed by atoms with Crippen LogP contribution in [-0.4, -0.2) is 15.4 Å². The summed E-state index contributed by atoms with van der Waals surface area (Å²) in [5.74, 6) is 0. The minimum absolute atomic E-state index is 0.294. The van der Waals surface area contributed by atoms with Gasteiger partial charge in [-0.05, 0) is 23.3 Å². The van der Waals surface area contributed by atoms with Gasteiger partial charge in [0.2, 0.25) is 0 Å². The number of aromatic amines is 1. The number of halogens is 1. The molecule has 0 spiro atoms. The summed E-state index contributed by atoms with van der Waals surface area (Å²) in [6.45, 7) is 0. The Hall–Kier alpha value is -2.90. The van der Waals surface area contributed by atoms with Gasteiger partial charge in [0.15, 0.2) is 5.69 Å². The van der Waals surface area contributed by atoms with Crippen LogP contribution in [0.25, 0.3) is 23.4 Å². The van der Waals surface area contributed by atoms with Gasteiger partial charge < -0.3 is 0 Å². The topological polar surface area (TPSA) is 65.4 Å². The molecule has 2 aromatic carbocycles. The largest absolute Gasteiger partial charge is 0.256 e. The fraction of sp³-hybridized carbons (Fsp3) is 0. The average molecular weight is 307 g/mol. The third kappa shape index (κ3) is 3.05. The van der Waals surface area contributed by atoms with Crippen LogP contribution < -0.4 is 0 Å². The molecule has 0 unspecified atom stereocenters. The summed E-state index contributed by atoms with van der Waals surface area (Å²) < 4.78 is 0. The summed E-state index contributed by atoms with van der Waals surface area (Å²) in [5.41, 5.74) is 3.90. The van der Waals surface area contributed by atoms with Crippen LogP contribution in [0.4, 0.5) is 0 Å². The summed E-state index contributed by atoms with van der Waals surface area (Å²) in [5, 5.41) is 19.8. The normalized spacial score (nSPS) is 10.7. The standard InChI is InChI=1S/C17H11ClN4/c18-15-3-1-2-13(10-15)5-4-12-6-8-14(9-7-12)17-16(11-19)20-22-21-17/h1-10H,(H,20,21,22)/b5-4+. The SMILES string of the molecule is N#Cc1nn[nH]c1-c1ccc(/C=C/c2cccc(Cl)c2)cc1. The highest BCUT2D eigenvalue weighted by Gasteiger charge is 2.07. The zero-order chi connectivity index (χ0) is 15.4. The second-order valence-corrected chi connectivity index (χ2v) is 5.09. The number of H-pyrrole nitrogens is 1. The van der Waals surface area contributed by atoms with Crippen molar-refractivity contribution < 1.29 is 0 Å². The maximum Gasteiger partial charge on any atom is 0.190 e. The number of nitriles is 1. The lowest BCUT2D eigenvalue weighted by atomic mass is 10.1. The van der Waals surface area contributed by atoms with Crippen molar-refractivity contribution >= 4 is 23.8 Å². The first-order valence-corrected chi connectivity index (χ1v) is 6.99. The van der Waals surface area contributed by atoms with Crippen LogP contribution in [0.1, 0.15) is 16.8 Å². The number of hydrogen-bond donors (Lipinski definition) is 1. The fourth-order valence-corrected chi connectivity index (χ4v) is 2.27. The maximum atomic E-state index is 8.96. The van der Waals surface area contributed by atoms with Crippen molar-refractivity contribution in [3.8, 4) is 17.3 Å². The summed E-state index contributed by atoms with van der Waals surface area (Å²) in [7, 11) is 0. The van der Waals surface area contributed by atoms with Crippen molar-refractivity contribution in [2.24, 2.45) is 0 Å². The predicted molar refractivity (Wildman–Crippen MR) is 86.9 cm³/mol. The van der Waals surface area contributed by atoms with Gasteiger partial charge in [0.25, 0.3) is 0 Å². The van der Waals surface area contributed by atoms with Crippen LogP contribution >= 0.6 is 11.6 Å². The molecule has 3 rings (SSSR count). The van der Waals surface area contributed by atoms with Gasteiger partial charge in [-0.2, -0.15) is 5.26 Å². The average Bonchev–Trinajstić information content (AvgIpc) is 3.02. The van der Waals surface area contributed by atoms with Crippen LogP contribution in [0.15, 0.2) is 48.5 Å². The van der Waals surface area contributed by atoms with Crippen molar-refractivity contribution in [1.29, 1.82) is 5.26 Å². The van der Waals surface area contributed by atoms with Crippen LogP contribution in [-0.2, 0) is 0 Å². The first kappa shape index (κ1) is 14.1. The summed E-state index contributed by atoms with van der Waals surface area (Å²) in [4.78, 5) is 0. The molecule has 0 radical (unpaired) electrons. The van der Waals surface area contributed by atoms with E-state index in [1.165, 1.54) is 0 Å². The molecule has 0 fully saturated rings. The molecule has 0 saturated carbocycles. The Morgan fingerprint density at radius 3 is 2.55 bits per heavy atom. The Labute approximate surface area is 132 Å². The van der Waals surface area contributed by atoms with Crippen LogP contribution in [0.3, 0.4) is 0 Å². The molecule has 3 aromatic rings. The van der Waals surface area contributed by atoms with E-state index >= 15 is 0 Å². The van der Waals surface area contributed by atoms with E-state index in [0.717, 1.165) is 16.7 Å². The molecule has 0 bridgehead atoms. The van der Waals surface area contributed by atoms with E-state index in [0.29, 0.717) is 16.4 Å². The molecule has 0 atom stereocenters. The van der Waals surface area contributed by atoms with Gasteiger partial charge in [0.05, 0.1) is 0 Å². The second kappa shape index (κ2) is 6.25. The van der Waals surface area contributed by atoms with Crippen LogP contribution in [0.2, 0.25) is 5.02 Å². The van der Waals surface area contributed by atoms with E-state index in [1.54, 1.807) is 0 Å². The Kier molecular flexibility index (Phi) is 3.99. The first-order valence-electron chi connectivity index (χ1n) is 6.61. The molecule has 106 valence electrons. The molecule has 0 aliphatic heterocycles. The van der Waals surface area contributed by atoms with E-state index in [1.807, 2.05) is 66.8 Å². The van der Waals surface area contributed by atoms with Gasteiger partial charge in [0, 0.05) is 10.6 Å². The van der Waals surface area contributed by atoms with Crippen molar-refractivity contribution in [2.45, 2.75) is 0 Å². The number of nitrogens with zero attached hydrogens (tertiary/aromatic N) is 3. The molecule has 1 N–H and O–H groups in total. The van der Waals surface area contributed by atoms with Crippen LogP contribution in [0.5, 0.6) is 0 Å². The van der Waals surface area contributed by atoms with Crippen molar-refractivity contribution in [1.82, 2.24) is 15.4 Å². The number of hydrogen-bond acceptors (Lipinski definition) is 3.